The first-order chi connectivity index (χ1) is 9.82. The predicted molar refractivity (Wildman–Crippen MR) is 88.1 cm³/mol. The van der Waals surface area contributed by atoms with E-state index in [1.807, 2.05) is 6.07 Å². The molecule has 1 aromatic rings. The highest BCUT2D eigenvalue weighted by Gasteiger charge is 2.33. The summed E-state index contributed by atoms with van der Waals surface area (Å²) in [5.74, 6) is 0. The second-order valence-electron chi connectivity index (χ2n) is 6.62. The van der Waals surface area contributed by atoms with Crippen LogP contribution in [0.2, 0.25) is 0 Å². The number of nitrogens with one attached hydrogen (secondary N) is 2. The third-order valence-corrected chi connectivity index (χ3v) is 7.02. The van der Waals surface area contributed by atoms with Gasteiger partial charge in [-0.2, -0.15) is 0 Å². The fourth-order valence-corrected chi connectivity index (χ4v) is 5.41. The summed E-state index contributed by atoms with van der Waals surface area (Å²) in [4.78, 5) is 1.07. The smallest absolute Gasteiger partial charge is 0.250 e. The van der Waals surface area contributed by atoms with E-state index in [-0.39, 0.29) is 11.5 Å². The molecule has 1 aromatic heterocycles. The molecular formula is C15H26N2O2S2. The summed E-state index contributed by atoms with van der Waals surface area (Å²) in [6.45, 7) is 8.21. The Morgan fingerprint density at radius 1 is 1.38 bits per heavy atom. The van der Waals surface area contributed by atoms with Gasteiger partial charge in [0.2, 0.25) is 10.0 Å². The molecule has 1 fully saturated rings. The van der Waals surface area contributed by atoms with Crippen molar-refractivity contribution in [3.8, 4) is 0 Å². The van der Waals surface area contributed by atoms with E-state index in [0.29, 0.717) is 4.21 Å². The van der Waals surface area contributed by atoms with Crippen LogP contribution in [0.3, 0.4) is 0 Å². The second kappa shape index (κ2) is 6.77. The molecule has 0 saturated heterocycles. The van der Waals surface area contributed by atoms with Crippen molar-refractivity contribution in [2.45, 2.75) is 63.3 Å². The van der Waals surface area contributed by atoms with E-state index in [2.05, 4.69) is 30.8 Å². The van der Waals surface area contributed by atoms with Gasteiger partial charge in [-0.3, -0.25) is 0 Å². The Labute approximate surface area is 132 Å². The monoisotopic (exact) mass is 330 g/mol. The fourth-order valence-electron chi connectivity index (χ4n) is 2.80. The molecule has 1 heterocycles. The molecular weight excluding hydrogens is 304 g/mol. The lowest BCUT2D eigenvalue weighted by molar-refractivity contribution is 0.372. The van der Waals surface area contributed by atoms with Gasteiger partial charge >= 0.3 is 0 Å². The predicted octanol–water partition coefficient (Wildman–Crippen LogP) is 3.10. The van der Waals surface area contributed by atoms with Crippen molar-refractivity contribution in [2.75, 3.05) is 6.54 Å². The molecule has 0 amide bonds. The van der Waals surface area contributed by atoms with Crippen LogP contribution in [0.1, 0.15) is 51.3 Å². The van der Waals surface area contributed by atoms with Gasteiger partial charge in [-0.25, -0.2) is 13.1 Å². The highest BCUT2D eigenvalue weighted by Crippen LogP contribution is 2.37. The van der Waals surface area contributed by atoms with Gasteiger partial charge in [0.1, 0.15) is 4.21 Å². The average Bonchev–Trinajstić information content (AvgIpc) is 2.97. The molecule has 1 aliphatic carbocycles. The molecule has 21 heavy (non-hydrogen) atoms. The van der Waals surface area contributed by atoms with Crippen LogP contribution in [0.4, 0.5) is 0 Å². The normalized spacial score (nSPS) is 21.8. The van der Waals surface area contributed by atoms with Crippen LogP contribution < -0.4 is 10.0 Å². The Hall–Kier alpha value is -0.430. The molecule has 0 aliphatic heterocycles. The molecule has 2 N–H and O–H groups in total. The minimum atomic E-state index is -3.36. The second-order valence-corrected chi connectivity index (χ2v) is 9.73. The van der Waals surface area contributed by atoms with Gasteiger partial charge in [-0.05, 0) is 49.8 Å². The maximum Gasteiger partial charge on any atom is 0.250 e. The Morgan fingerprint density at radius 2 is 2.14 bits per heavy atom. The van der Waals surface area contributed by atoms with E-state index in [9.17, 15) is 8.42 Å². The standard InChI is InChI=1S/C15H26N2O2S2/c1-4-9-16-11-13-5-6-14(20-13)21(18,19)17-12-7-8-15(2,3)10-12/h5-6,12,16-17H,4,7-11H2,1-3H3. The van der Waals surface area contributed by atoms with Gasteiger partial charge in [0.25, 0.3) is 0 Å². The van der Waals surface area contributed by atoms with Crippen LogP contribution in [0, 0.1) is 5.41 Å². The van der Waals surface area contributed by atoms with Crippen LogP contribution in [-0.4, -0.2) is 21.0 Å². The summed E-state index contributed by atoms with van der Waals surface area (Å²) < 4.78 is 28.1. The molecule has 2 rings (SSSR count). The van der Waals surface area contributed by atoms with Crippen LogP contribution in [-0.2, 0) is 16.6 Å². The zero-order chi connectivity index (χ0) is 15.5. The Kier molecular flexibility index (Phi) is 5.46. The van der Waals surface area contributed by atoms with Gasteiger partial charge < -0.3 is 5.32 Å². The molecule has 0 radical (unpaired) electrons. The lowest BCUT2D eigenvalue weighted by Gasteiger charge is -2.17. The van der Waals surface area contributed by atoms with E-state index in [1.165, 1.54) is 11.3 Å². The minimum Gasteiger partial charge on any atom is -0.312 e. The molecule has 4 nitrogen and oxygen atoms in total. The number of hydrogen-bond acceptors (Lipinski definition) is 4. The topological polar surface area (TPSA) is 58.2 Å². The Balaban J connectivity index is 1.96. The quantitative estimate of drug-likeness (QED) is 0.755. The molecule has 6 heteroatoms. The van der Waals surface area contributed by atoms with Crippen molar-refractivity contribution in [3.63, 3.8) is 0 Å². The van der Waals surface area contributed by atoms with Crippen molar-refractivity contribution in [1.29, 1.82) is 0 Å². The van der Waals surface area contributed by atoms with Crippen molar-refractivity contribution in [1.82, 2.24) is 10.0 Å². The van der Waals surface area contributed by atoms with E-state index >= 15 is 0 Å². The minimum absolute atomic E-state index is 0.0776. The van der Waals surface area contributed by atoms with Crippen LogP contribution >= 0.6 is 11.3 Å². The van der Waals surface area contributed by atoms with Gasteiger partial charge in [0.15, 0.2) is 0 Å². The van der Waals surface area contributed by atoms with E-state index in [0.717, 1.165) is 43.6 Å². The summed E-state index contributed by atoms with van der Waals surface area (Å²) in [7, 11) is -3.36. The number of thiophene rings is 1. The highest BCUT2D eigenvalue weighted by molar-refractivity contribution is 7.91. The van der Waals surface area contributed by atoms with E-state index in [4.69, 9.17) is 0 Å². The third kappa shape index (κ3) is 4.77. The van der Waals surface area contributed by atoms with Crippen molar-refractivity contribution in [3.05, 3.63) is 17.0 Å². The molecule has 1 saturated carbocycles. The Morgan fingerprint density at radius 3 is 2.76 bits per heavy atom. The summed E-state index contributed by atoms with van der Waals surface area (Å²) in [5.41, 5.74) is 0.248. The number of hydrogen-bond donors (Lipinski definition) is 2. The first kappa shape index (κ1) is 16.9. The first-order valence-electron chi connectivity index (χ1n) is 7.64. The molecule has 0 bridgehead atoms. The van der Waals surface area contributed by atoms with Gasteiger partial charge in [-0.1, -0.05) is 20.8 Å². The van der Waals surface area contributed by atoms with Crippen molar-refractivity contribution in [2.24, 2.45) is 5.41 Å². The van der Waals surface area contributed by atoms with Crippen LogP contribution in [0.25, 0.3) is 0 Å². The van der Waals surface area contributed by atoms with Gasteiger partial charge in [-0.15, -0.1) is 11.3 Å². The zero-order valence-corrected chi connectivity index (χ0v) is 14.7. The summed E-state index contributed by atoms with van der Waals surface area (Å²) in [6, 6.07) is 3.70. The van der Waals surface area contributed by atoms with Crippen LogP contribution in [0.5, 0.6) is 0 Å². The summed E-state index contributed by atoms with van der Waals surface area (Å²) in [5, 5.41) is 3.30. The first-order valence-corrected chi connectivity index (χ1v) is 9.94. The zero-order valence-electron chi connectivity index (χ0n) is 13.1. The summed E-state index contributed by atoms with van der Waals surface area (Å²) in [6.07, 6.45) is 4.01. The van der Waals surface area contributed by atoms with Gasteiger partial charge in [0, 0.05) is 17.5 Å². The SMILES string of the molecule is CCCNCc1ccc(S(=O)(=O)NC2CCC(C)(C)C2)s1. The maximum absolute atomic E-state index is 12.4. The fraction of sp³-hybridized carbons (Fsp3) is 0.733. The molecule has 120 valence electrons. The molecule has 0 aromatic carbocycles. The molecule has 1 atom stereocenters. The molecule has 1 aliphatic rings. The summed E-state index contributed by atoms with van der Waals surface area (Å²) >= 11 is 1.36. The lowest BCUT2D eigenvalue weighted by Crippen LogP contribution is -2.33. The van der Waals surface area contributed by atoms with Crippen LogP contribution in [0.15, 0.2) is 16.3 Å². The number of sulfonamides is 1. The van der Waals surface area contributed by atoms with Crippen molar-refractivity contribution < 1.29 is 8.42 Å². The highest BCUT2D eigenvalue weighted by atomic mass is 32.2. The van der Waals surface area contributed by atoms with E-state index in [1.54, 1.807) is 6.07 Å². The third-order valence-electron chi connectivity index (χ3n) is 3.92. The van der Waals surface area contributed by atoms with Crippen molar-refractivity contribution >= 4 is 21.4 Å². The molecule has 0 spiro atoms. The van der Waals surface area contributed by atoms with E-state index < -0.39 is 10.0 Å². The average molecular weight is 331 g/mol. The lowest BCUT2D eigenvalue weighted by atomic mass is 9.92. The Bertz CT molecular complexity index is 564. The maximum atomic E-state index is 12.4. The molecule has 1 unspecified atom stereocenters. The largest absolute Gasteiger partial charge is 0.312 e. The van der Waals surface area contributed by atoms with Gasteiger partial charge in [0.05, 0.1) is 0 Å². The number of rotatable bonds is 7.